The van der Waals surface area contributed by atoms with Crippen LogP contribution < -0.4 is 10.2 Å². The zero-order valence-corrected chi connectivity index (χ0v) is 15.8. The molecule has 0 radical (unpaired) electrons. The Kier molecular flexibility index (Phi) is 5.68. The van der Waals surface area contributed by atoms with Gasteiger partial charge < -0.3 is 10.2 Å². The highest BCUT2D eigenvalue weighted by Crippen LogP contribution is 2.31. The molecule has 0 saturated carbocycles. The standard InChI is InChI=1S/C22H28N4O/c27-22-17-25(15-13-24-22)20-7-5-18(6-8-20)16-26-14-3-1-2-4-21(26)19-9-11-23-12-10-19/h5-12,21H,1-4,13-17H2,(H,24,27)/t21-/m1/s1. The summed E-state index contributed by atoms with van der Waals surface area (Å²) in [6.45, 7) is 4.16. The summed E-state index contributed by atoms with van der Waals surface area (Å²) in [6, 6.07) is 13.6. The number of carbonyl (C=O) groups excluding carboxylic acids is 1. The SMILES string of the molecule is O=C1CN(c2ccc(CN3CCCCC[C@@H]3c3ccncc3)cc2)CCN1. The van der Waals surface area contributed by atoms with E-state index in [4.69, 9.17) is 0 Å². The monoisotopic (exact) mass is 364 g/mol. The van der Waals surface area contributed by atoms with E-state index in [0.717, 1.165) is 31.9 Å². The highest BCUT2D eigenvalue weighted by Gasteiger charge is 2.23. The molecule has 5 heteroatoms. The molecule has 142 valence electrons. The van der Waals surface area contributed by atoms with Gasteiger partial charge in [-0.15, -0.1) is 0 Å². The van der Waals surface area contributed by atoms with E-state index < -0.39 is 0 Å². The number of rotatable bonds is 4. The van der Waals surface area contributed by atoms with E-state index in [2.05, 4.69) is 56.5 Å². The van der Waals surface area contributed by atoms with Gasteiger partial charge in [0.25, 0.3) is 0 Å². The normalized spacial score (nSPS) is 21.6. The Bertz CT molecular complexity index is 747. The summed E-state index contributed by atoms with van der Waals surface area (Å²) in [4.78, 5) is 20.6. The van der Waals surface area contributed by atoms with Gasteiger partial charge in [-0.2, -0.15) is 0 Å². The Hall–Kier alpha value is -2.40. The van der Waals surface area contributed by atoms with Gasteiger partial charge in [-0.05, 0) is 54.8 Å². The molecule has 2 aliphatic rings. The lowest BCUT2D eigenvalue weighted by Crippen LogP contribution is -2.47. The van der Waals surface area contributed by atoms with Gasteiger partial charge in [0, 0.05) is 43.8 Å². The van der Waals surface area contributed by atoms with E-state index in [1.807, 2.05) is 12.4 Å². The fourth-order valence-corrected chi connectivity index (χ4v) is 4.23. The summed E-state index contributed by atoms with van der Waals surface area (Å²) in [5.41, 5.74) is 3.85. The van der Waals surface area contributed by atoms with E-state index in [1.165, 1.54) is 36.8 Å². The number of likely N-dealkylation sites (tertiary alicyclic amines) is 1. The van der Waals surface area contributed by atoms with Crippen LogP contribution in [-0.4, -0.2) is 42.0 Å². The van der Waals surface area contributed by atoms with Gasteiger partial charge in [-0.1, -0.05) is 25.0 Å². The third-order valence-electron chi connectivity index (χ3n) is 5.68. The minimum atomic E-state index is 0.107. The number of nitrogens with zero attached hydrogens (tertiary/aromatic N) is 3. The Morgan fingerprint density at radius 2 is 1.81 bits per heavy atom. The quantitative estimate of drug-likeness (QED) is 0.905. The minimum Gasteiger partial charge on any atom is -0.360 e. The van der Waals surface area contributed by atoms with Gasteiger partial charge >= 0.3 is 0 Å². The topological polar surface area (TPSA) is 48.5 Å². The fraction of sp³-hybridized carbons (Fsp3) is 0.455. The van der Waals surface area contributed by atoms with Crippen LogP contribution in [0.1, 0.15) is 42.9 Å². The number of benzene rings is 1. The lowest BCUT2D eigenvalue weighted by atomic mass is 10.0. The van der Waals surface area contributed by atoms with Crippen molar-refractivity contribution in [2.75, 3.05) is 31.1 Å². The van der Waals surface area contributed by atoms with Gasteiger partial charge in [0.15, 0.2) is 0 Å². The molecular weight excluding hydrogens is 336 g/mol. The second-order valence-electron chi connectivity index (χ2n) is 7.55. The molecule has 0 spiro atoms. The highest BCUT2D eigenvalue weighted by atomic mass is 16.2. The number of hydrogen-bond donors (Lipinski definition) is 1. The Morgan fingerprint density at radius 1 is 1.00 bits per heavy atom. The molecule has 1 aromatic carbocycles. The van der Waals surface area contributed by atoms with Crippen molar-refractivity contribution in [3.8, 4) is 0 Å². The van der Waals surface area contributed by atoms with Crippen LogP contribution in [0.5, 0.6) is 0 Å². The van der Waals surface area contributed by atoms with Crippen molar-refractivity contribution in [2.45, 2.75) is 38.3 Å². The number of piperazine rings is 1. The van der Waals surface area contributed by atoms with Gasteiger partial charge in [0.1, 0.15) is 0 Å². The third-order valence-corrected chi connectivity index (χ3v) is 5.68. The molecule has 2 aromatic rings. The van der Waals surface area contributed by atoms with Crippen molar-refractivity contribution < 1.29 is 4.79 Å². The number of hydrogen-bond acceptors (Lipinski definition) is 4. The number of carbonyl (C=O) groups is 1. The van der Waals surface area contributed by atoms with Crippen LogP contribution in [0.3, 0.4) is 0 Å². The molecular formula is C22H28N4O. The number of amides is 1. The van der Waals surface area contributed by atoms with Crippen molar-refractivity contribution >= 4 is 11.6 Å². The maximum Gasteiger partial charge on any atom is 0.239 e. The van der Waals surface area contributed by atoms with Crippen molar-refractivity contribution in [2.24, 2.45) is 0 Å². The van der Waals surface area contributed by atoms with Crippen LogP contribution in [0.2, 0.25) is 0 Å². The summed E-state index contributed by atoms with van der Waals surface area (Å²) in [5.74, 6) is 0.107. The van der Waals surface area contributed by atoms with E-state index in [0.29, 0.717) is 12.6 Å². The Balaban J connectivity index is 1.47. The van der Waals surface area contributed by atoms with Crippen LogP contribution in [-0.2, 0) is 11.3 Å². The maximum atomic E-state index is 11.6. The zero-order chi connectivity index (χ0) is 18.5. The van der Waals surface area contributed by atoms with Crippen LogP contribution in [0.15, 0.2) is 48.8 Å². The van der Waals surface area contributed by atoms with Crippen LogP contribution in [0.25, 0.3) is 0 Å². The van der Waals surface area contributed by atoms with Gasteiger partial charge in [-0.3, -0.25) is 14.7 Å². The summed E-state index contributed by atoms with van der Waals surface area (Å²) < 4.78 is 0. The van der Waals surface area contributed by atoms with Crippen molar-refractivity contribution in [3.63, 3.8) is 0 Å². The summed E-state index contributed by atoms with van der Waals surface area (Å²) in [6.07, 6.45) is 8.89. The first-order valence-electron chi connectivity index (χ1n) is 10.0. The number of pyridine rings is 1. The molecule has 5 nitrogen and oxygen atoms in total. The predicted molar refractivity (Wildman–Crippen MR) is 108 cm³/mol. The van der Waals surface area contributed by atoms with Crippen molar-refractivity contribution in [1.82, 2.24) is 15.2 Å². The van der Waals surface area contributed by atoms with Gasteiger partial charge in [0.05, 0.1) is 6.54 Å². The molecule has 2 fully saturated rings. The molecule has 0 bridgehead atoms. The summed E-state index contributed by atoms with van der Waals surface area (Å²) >= 11 is 0. The van der Waals surface area contributed by atoms with Crippen LogP contribution in [0, 0.1) is 0 Å². The molecule has 0 unspecified atom stereocenters. The third kappa shape index (κ3) is 4.48. The van der Waals surface area contributed by atoms with Crippen LogP contribution >= 0.6 is 0 Å². The predicted octanol–water partition coefficient (Wildman–Crippen LogP) is 3.14. The van der Waals surface area contributed by atoms with Crippen molar-refractivity contribution in [3.05, 3.63) is 59.9 Å². The molecule has 2 aliphatic heterocycles. The molecule has 1 N–H and O–H groups in total. The molecule has 1 aromatic heterocycles. The van der Waals surface area contributed by atoms with E-state index in [1.54, 1.807) is 0 Å². The second-order valence-corrected chi connectivity index (χ2v) is 7.55. The smallest absolute Gasteiger partial charge is 0.239 e. The zero-order valence-electron chi connectivity index (χ0n) is 15.8. The molecule has 1 amide bonds. The first-order valence-corrected chi connectivity index (χ1v) is 10.0. The average Bonchev–Trinajstić information content (AvgIpc) is 2.95. The number of anilines is 1. The summed E-state index contributed by atoms with van der Waals surface area (Å²) in [5, 5.41) is 2.88. The lowest BCUT2D eigenvalue weighted by molar-refractivity contribution is -0.120. The van der Waals surface area contributed by atoms with Crippen molar-refractivity contribution in [1.29, 1.82) is 0 Å². The second kappa shape index (κ2) is 8.53. The Morgan fingerprint density at radius 3 is 2.59 bits per heavy atom. The first kappa shape index (κ1) is 18.0. The maximum absolute atomic E-state index is 11.6. The number of aromatic nitrogens is 1. The summed E-state index contributed by atoms with van der Waals surface area (Å²) in [7, 11) is 0. The average molecular weight is 364 g/mol. The first-order chi connectivity index (χ1) is 13.3. The molecule has 2 saturated heterocycles. The molecule has 4 rings (SSSR count). The van der Waals surface area contributed by atoms with E-state index in [-0.39, 0.29) is 5.91 Å². The minimum absolute atomic E-state index is 0.107. The lowest BCUT2D eigenvalue weighted by Gasteiger charge is -2.31. The van der Waals surface area contributed by atoms with E-state index >= 15 is 0 Å². The Labute approximate surface area is 161 Å². The van der Waals surface area contributed by atoms with Gasteiger partial charge in [-0.25, -0.2) is 0 Å². The highest BCUT2D eigenvalue weighted by molar-refractivity contribution is 5.82. The molecule has 0 aliphatic carbocycles. The largest absolute Gasteiger partial charge is 0.360 e. The fourth-order valence-electron chi connectivity index (χ4n) is 4.23. The van der Waals surface area contributed by atoms with Gasteiger partial charge in [0.2, 0.25) is 5.91 Å². The van der Waals surface area contributed by atoms with E-state index in [9.17, 15) is 4.79 Å². The molecule has 1 atom stereocenters. The number of nitrogens with one attached hydrogen (secondary N) is 1. The molecule has 3 heterocycles. The van der Waals surface area contributed by atoms with Crippen LogP contribution in [0.4, 0.5) is 5.69 Å². The molecule has 27 heavy (non-hydrogen) atoms.